The molecule has 7 heteroatoms. The van der Waals surface area contributed by atoms with Crippen LogP contribution in [0.4, 0.5) is 10.5 Å². The summed E-state index contributed by atoms with van der Waals surface area (Å²) in [5.41, 5.74) is 4.72. The number of rotatable bonds is 4. The Morgan fingerprint density at radius 3 is 2.30 bits per heavy atom. The Bertz CT molecular complexity index is 995. The summed E-state index contributed by atoms with van der Waals surface area (Å²) in [6.07, 6.45) is -0.759. The van der Waals surface area contributed by atoms with Gasteiger partial charge in [-0.1, -0.05) is 53.7 Å². The van der Waals surface area contributed by atoms with Gasteiger partial charge in [-0.15, -0.1) is 0 Å². The molecule has 1 aromatic heterocycles. The number of anilines is 1. The third-order valence-corrected chi connectivity index (χ3v) is 4.63. The fraction of sp³-hybridized carbons (Fsp3) is 0.150. The van der Waals surface area contributed by atoms with Crippen molar-refractivity contribution in [3.8, 4) is 11.1 Å². The summed E-state index contributed by atoms with van der Waals surface area (Å²) >= 11 is 0. The molecule has 0 unspecified atom stereocenters. The van der Waals surface area contributed by atoms with Crippen LogP contribution in [0.3, 0.4) is 0 Å². The van der Waals surface area contributed by atoms with Crippen molar-refractivity contribution in [2.45, 2.75) is 12.8 Å². The number of carbonyl (C=O) groups is 2. The first-order valence-corrected chi connectivity index (χ1v) is 8.38. The number of aryl methyl sites for hydroxylation is 1. The Morgan fingerprint density at radius 2 is 1.70 bits per heavy atom. The molecule has 27 heavy (non-hydrogen) atoms. The minimum Gasteiger partial charge on any atom is -0.475 e. The van der Waals surface area contributed by atoms with Crippen molar-refractivity contribution < 1.29 is 24.0 Å². The lowest BCUT2D eigenvalue weighted by Gasteiger charge is -2.14. The molecule has 0 saturated carbocycles. The molecule has 0 atom stereocenters. The zero-order valence-corrected chi connectivity index (χ0v) is 14.4. The van der Waals surface area contributed by atoms with Crippen LogP contribution in [0.15, 0.2) is 53.1 Å². The van der Waals surface area contributed by atoms with Gasteiger partial charge in [-0.05, 0) is 29.2 Å². The minimum absolute atomic E-state index is 0.000257. The predicted molar refractivity (Wildman–Crippen MR) is 96.9 cm³/mol. The van der Waals surface area contributed by atoms with E-state index in [2.05, 4.69) is 10.5 Å². The fourth-order valence-corrected chi connectivity index (χ4v) is 3.40. The SMILES string of the molecule is Cc1noc(C(=O)O)c1NC(=O)OCC1c2ccccc2-c2ccccc21. The number of hydrogen-bond acceptors (Lipinski definition) is 5. The normalized spacial score (nSPS) is 12.3. The topological polar surface area (TPSA) is 102 Å². The van der Waals surface area contributed by atoms with Crippen LogP contribution >= 0.6 is 0 Å². The van der Waals surface area contributed by atoms with E-state index < -0.39 is 17.8 Å². The van der Waals surface area contributed by atoms with Gasteiger partial charge in [0, 0.05) is 5.92 Å². The van der Waals surface area contributed by atoms with Crippen LogP contribution < -0.4 is 5.32 Å². The van der Waals surface area contributed by atoms with Gasteiger partial charge in [-0.2, -0.15) is 0 Å². The van der Waals surface area contributed by atoms with Gasteiger partial charge >= 0.3 is 12.1 Å². The maximum absolute atomic E-state index is 12.2. The smallest absolute Gasteiger partial charge is 0.411 e. The van der Waals surface area contributed by atoms with Crippen LogP contribution in [-0.2, 0) is 4.74 Å². The lowest BCUT2D eigenvalue weighted by atomic mass is 9.98. The third-order valence-electron chi connectivity index (χ3n) is 4.63. The molecule has 0 fully saturated rings. The number of fused-ring (bicyclic) bond motifs is 3. The number of aromatic carboxylic acids is 1. The summed E-state index contributed by atoms with van der Waals surface area (Å²) < 4.78 is 10.1. The predicted octanol–water partition coefficient (Wildman–Crippen LogP) is 4.04. The van der Waals surface area contributed by atoms with E-state index in [1.54, 1.807) is 0 Å². The monoisotopic (exact) mass is 364 g/mol. The number of aromatic nitrogens is 1. The lowest BCUT2D eigenvalue weighted by Crippen LogP contribution is -2.19. The average molecular weight is 364 g/mol. The van der Waals surface area contributed by atoms with Gasteiger partial charge in [0.05, 0.1) is 0 Å². The number of nitrogens with one attached hydrogen (secondary N) is 1. The molecule has 1 aliphatic rings. The molecule has 7 nitrogen and oxygen atoms in total. The zero-order chi connectivity index (χ0) is 19.0. The van der Waals surface area contributed by atoms with Crippen molar-refractivity contribution in [1.29, 1.82) is 0 Å². The van der Waals surface area contributed by atoms with Crippen molar-refractivity contribution in [2.24, 2.45) is 0 Å². The van der Waals surface area contributed by atoms with Gasteiger partial charge in [0.1, 0.15) is 18.0 Å². The van der Waals surface area contributed by atoms with E-state index in [-0.39, 0.29) is 23.9 Å². The summed E-state index contributed by atoms with van der Waals surface area (Å²) in [4.78, 5) is 23.4. The van der Waals surface area contributed by atoms with E-state index in [9.17, 15) is 9.59 Å². The van der Waals surface area contributed by atoms with Gasteiger partial charge in [-0.3, -0.25) is 5.32 Å². The van der Waals surface area contributed by atoms with Crippen molar-refractivity contribution in [3.63, 3.8) is 0 Å². The standard InChI is InChI=1S/C20H16N2O5/c1-11-17(18(19(23)24)27-22-11)21-20(25)26-10-16-14-8-4-2-6-12(14)13-7-3-5-9-15(13)16/h2-9,16H,10H2,1H3,(H,21,25)(H,23,24). The van der Waals surface area contributed by atoms with Gasteiger partial charge in [0.25, 0.3) is 5.76 Å². The van der Waals surface area contributed by atoms with Crippen molar-refractivity contribution >= 4 is 17.7 Å². The van der Waals surface area contributed by atoms with Gasteiger partial charge < -0.3 is 14.4 Å². The van der Waals surface area contributed by atoms with E-state index >= 15 is 0 Å². The molecule has 0 spiro atoms. The van der Waals surface area contributed by atoms with Gasteiger partial charge in [-0.25, -0.2) is 9.59 Å². The first kappa shape index (κ1) is 16.8. The number of benzene rings is 2. The highest BCUT2D eigenvalue weighted by Gasteiger charge is 2.29. The van der Waals surface area contributed by atoms with E-state index in [0.29, 0.717) is 0 Å². The van der Waals surface area contributed by atoms with Crippen molar-refractivity contribution in [2.75, 3.05) is 11.9 Å². The third kappa shape index (κ3) is 2.93. The highest BCUT2D eigenvalue weighted by molar-refractivity contribution is 5.97. The lowest BCUT2D eigenvalue weighted by molar-refractivity contribution is 0.0653. The fourth-order valence-electron chi connectivity index (χ4n) is 3.40. The average Bonchev–Trinajstić information content (AvgIpc) is 3.19. The first-order valence-electron chi connectivity index (χ1n) is 8.38. The van der Waals surface area contributed by atoms with E-state index in [1.165, 1.54) is 6.92 Å². The maximum atomic E-state index is 12.2. The number of hydrogen-bond donors (Lipinski definition) is 2. The molecule has 2 aromatic carbocycles. The van der Waals surface area contributed by atoms with Gasteiger partial charge in [0.15, 0.2) is 0 Å². The van der Waals surface area contributed by atoms with E-state index in [4.69, 9.17) is 14.4 Å². The van der Waals surface area contributed by atoms with Crippen LogP contribution in [0.25, 0.3) is 11.1 Å². The number of ether oxygens (including phenoxy) is 1. The summed E-state index contributed by atoms with van der Waals surface area (Å²) in [5, 5.41) is 15.1. The molecule has 4 rings (SSSR count). The second-order valence-corrected chi connectivity index (χ2v) is 6.23. The van der Waals surface area contributed by atoms with E-state index in [0.717, 1.165) is 22.3 Å². The Balaban J connectivity index is 1.52. The summed E-state index contributed by atoms with van der Waals surface area (Å²) in [6.45, 7) is 1.67. The molecule has 1 heterocycles. The summed E-state index contributed by atoms with van der Waals surface area (Å²) in [7, 11) is 0. The zero-order valence-electron chi connectivity index (χ0n) is 14.4. The molecule has 3 aromatic rings. The molecule has 0 radical (unpaired) electrons. The Labute approximate surface area is 154 Å². The highest BCUT2D eigenvalue weighted by Crippen LogP contribution is 2.44. The van der Waals surface area contributed by atoms with Crippen LogP contribution in [0.5, 0.6) is 0 Å². The van der Waals surface area contributed by atoms with Crippen LogP contribution in [0.1, 0.15) is 33.3 Å². The molecule has 2 N–H and O–H groups in total. The molecule has 1 amide bonds. The van der Waals surface area contributed by atoms with Crippen molar-refractivity contribution in [1.82, 2.24) is 5.16 Å². The molecular weight excluding hydrogens is 348 g/mol. The van der Waals surface area contributed by atoms with E-state index in [1.807, 2.05) is 48.5 Å². The van der Waals surface area contributed by atoms with Crippen LogP contribution in [0, 0.1) is 6.92 Å². The highest BCUT2D eigenvalue weighted by atomic mass is 16.5. The molecule has 1 aliphatic carbocycles. The molecule has 136 valence electrons. The van der Waals surface area contributed by atoms with Gasteiger partial charge in [0.2, 0.25) is 0 Å². The summed E-state index contributed by atoms with van der Waals surface area (Å²) in [5.74, 6) is -1.82. The van der Waals surface area contributed by atoms with Crippen molar-refractivity contribution in [3.05, 3.63) is 71.1 Å². The molecule has 0 aliphatic heterocycles. The minimum atomic E-state index is -1.32. The number of carboxylic acids is 1. The quantitative estimate of drug-likeness (QED) is 0.724. The second-order valence-electron chi connectivity index (χ2n) is 6.23. The molecule has 0 bridgehead atoms. The number of carbonyl (C=O) groups excluding carboxylic acids is 1. The molecule has 0 saturated heterocycles. The Morgan fingerprint density at radius 1 is 1.11 bits per heavy atom. The number of amides is 1. The number of nitrogens with zero attached hydrogens (tertiary/aromatic N) is 1. The Hall–Kier alpha value is -3.61. The largest absolute Gasteiger partial charge is 0.475 e. The maximum Gasteiger partial charge on any atom is 0.411 e. The van der Waals surface area contributed by atoms with Crippen LogP contribution in [0.2, 0.25) is 0 Å². The number of carboxylic acid groups (broad SMARTS) is 1. The first-order chi connectivity index (χ1) is 13.1. The summed E-state index contributed by atoms with van der Waals surface area (Å²) in [6, 6.07) is 16.0. The Kier molecular flexibility index (Phi) is 4.12. The van der Waals surface area contributed by atoms with Crippen LogP contribution in [-0.4, -0.2) is 28.9 Å². The molecular formula is C20H16N2O5. The second kappa shape index (κ2) is 6.60.